The van der Waals surface area contributed by atoms with Crippen LogP contribution >= 0.6 is 12.2 Å². The van der Waals surface area contributed by atoms with E-state index in [1.165, 1.54) is 12.8 Å². The maximum atomic E-state index is 5.14. The monoisotopic (exact) mass is 183 g/mol. The lowest BCUT2D eigenvalue weighted by atomic mass is 10.0. The molecular weight excluding hydrogens is 170 g/mol. The average Bonchev–Trinajstić information content (AvgIpc) is 2.71. The van der Waals surface area contributed by atoms with Gasteiger partial charge in [0, 0.05) is 0 Å². The molecule has 1 aliphatic rings. The summed E-state index contributed by atoms with van der Waals surface area (Å²) in [6.07, 6.45) is 4.28. The molecular formula is C8H13N3S. The molecule has 3 nitrogen and oxygen atoms in total. The molecule has 4 heteroatoms. The average molecular weight is 183 g/mol. The maximum Gasteiger partial charge on any atom is 0.195 e. The van der Waals surface area contributed by atoms with Crippen LogP contribution < -0.4 is 0 Å². The topological polar surface area (TPSA) is 33.6 Å². The van der Waals surface area contributed by atoms with Crippen LogP contribution in [0.15, 0.2) is 6.33 Å². The maximum absolute atomic E-state index is 5.14. The molecule has 2 rings (SSSR count). The molecule has 1 aromatic rings. The lowest BCUT2D eigenvalue weighted by molar-refractivity contribution is 0.346. The molecule has 0 unspecified atom stereocenters. The highest BCUT2D eigenvalue weighted by molar-refractivity contribution is 7.71. The Kier molecular flexibility index (Phi) is 1.61. The van der Waals surface area contributed by atoms with E-state index in [4.69, 9.17) is 12.2 Å². The summed E-state index contributed by atoms with van der Waals surface area (Å²) in [6, 6.07) is 0. The summed E-state index contributed by atoms with van der Waals surface area (Å²) in [6.45, 7) is 4.48. The van der Waals surface area contributed by atoms with Gasteiger partial charge in [-0.2, -0.15) is 5.10 Å². The Bertz CT molecular complexity index is 332. The van der Waals surface area contributed by atoms with Gasteiger partial charge in [0.1, 0.15) is 6.33 Å². The van der Waals surface area contributed by atoms with Crippen LogP contribution in [0.25, 0.3) is 0 Å². The summed E-state index contributed by atoms with van der Waals surface area (Å²) in [4.78, 5) is 0. The minimum absolute atomic E-state index is 0.282. The van der Waals surface area contributed by atoms with Gasteiger partial charge in [-0.15, -0.1) is 0 Å². The first-order valence-corrected chi connectivity index (χ1v) is 4.70. The number of nitrogens with zero attached hydrogens (tertiary/aromatic N) is 2. The highest BCUT2D eigenvalue weighted by Gasteiger charge is 2.47. The summed E-state index contributed by atoms with van der Waals surface area (Å²) < 4.78 is 2.86. The molecule has 0 amide bonds. The number of aromatic amines is 1. The summed E-state index contributed by atoms with van der Waals surface area (Å²) in [5.41, 5.74) is 0.282. The van der Waals surface area contributed by atoms with Gasteiger partial charge in [0.15, 0.2) is 4.77 Å². The molecule has 0 aliphatic heterocycles. The third kappa shape index (κ3) is 0.941. The molecule has 1 saturated carbocycles. The van der Waals surface area contributed by atoms with Gasteiger partial charge in [-0.3, -0.25) is 5.10 Å². The van der Waals surface area contributed by atoms with Gasteiger partial charge < -0.3 is 4.57 Å². The quantitative estimate of drug-likeness (QED) is 0.712. The zero-order valence-electron chi connectivity index (χ0n) is 7.37. The molecule has 1 aromatic heterocycles. The van der Waals surface area contributed by atoms with Crippen LogP contribution in [-0.2, 0) is 5.54 Å². The molecule has 1 aliphatic carbocycles. The first-order valence-electron chi connectivity index (χ1n) is 4.29. The largest absolute Gasteiger partial charge is 0.300 e. The molecule has 66 valence electrons. The van der Waals surface area contributed by atoms with Gasteiger partial charge in [-0.25, -0.2) is 0 Å². The molecule has 0 aromatic carbocycles. The molecule has 0 radical (unpaired) electrons. The van der Waals surface area contributed by atoms with Crippen molar-refractivity contribution in [3.05, 3.63) is 11.1 Å². The van der Waals surface area contributed by atoms with Gasteiger partial charge in [0.25, 0.3) is 0 Å². The number of aromatic nitrogens is 3. The SMILES string of the molecule is CC(C)C1(n2cn[nH]c2=S)CC1. The zero-order chi connectivity index (χ0) is 8.77. The van der Waals surface area contributed by atoms with E-state index in [1.54, 1.807) is 0 Å². The lowest BCUT2D eigenvalue weighted by Gasteiger charge is -2.20. The molecule has 12 heavy (non-hydrogen) atoms. The molecule has 0 bridgehead atoms. The Morgan fingerprint density at radius 3 is 2.67 bits per heavy atom. The molecule has 0 saturated heterocycles. The molecule has 1 fully saturated rings. The van der Waals surface area contributed by atoms with Crippen molar-refractivity contribution in [2.24, 2.45) is 5.92 Å². The van der Waals surface area contributed by atoms with Crippen molar-refractivity contribution in [3.63, 3.8) is 0 Å². The van der Waals surface area contributed by atoms with Crippen molar-refractivity contribution in [1.29, 1.82) is 0 Å². The highest BCUT2D eigenvalue weighted by atomic mass is 32.1. The van der Waals surface area contributed by atoms with Crippen molar-refractivity contribution in [2.75, 3.05) is 0 Å². The van der Waals surface area contributed by atoms with Crippen molar-refractivity contribution in [2.45, 2.75) is 32.2 Å². The van der Waals surface area contributed by atoms with Gasteiger partial charge in [0.05, 0.1) is 5.54 Å². The summed E-state index contributed by atoms with van der Waals surface area (Å²) in [5, 5.41) is 6.74. The summed E-state index contributed by atoms with van der Waals surface area (Å²) >= 11 is 5.14. The van der Waals surface area contributed by atoms with Crippen molar-refractivity contribution >= 4 is 12.2 Å². The Hall–Kier alpha value is -0.640. The lowest BCUT2D eigenvalue weighted by Crippen LogP contribution is -2.22. The van der Waals surface area contributed by atoms with E-state index < -0.39 is 0 Å². The van der Waals surface area contributed by atoms with E-state index >= 15 is 0 Å². The molecule has 1 N–H and O–H groups in total. The van der Waals surface area contributed by atoms with Crippen LogP contribution in [0.5, 0.6) is 0 Å². The predicted octanol–water partition coefficient (Wildman–Crippen LogP) is 2.09. The van der Waals surface area contributed by atoms with Crippen LogP contribution in [0.2, 0.25) is 0 Å². The second-order valence-electron chi connectivity index (χ2n) is 3.79. The van der Waals surface area contributed by atoms with E-state index in [2.05, 4.69) is 28.6 Å². The van der Waals surface area contributed by atoms with E-state index in [0.29, 0.717) is 5.92 Å². The van der Waals surface area contributed by atoms with E-state index in [0.717, 1.165) is 4.77 Å². The molecule has 0 atom stereocenters. The van der Waals surface area contributed by atoms with Crippen LogP contribution in [0.3, 0.4) is 0 Å². The highest BCUT2D eigenvalue weighted by Crippen LogP contribution is 2.49. The zero-order valence-corrected chi connectivity index (χ0v) is 8.19. The Morgan fingerprint density at radius 1 is 1.67 bits per heavy atom. The van der Waals surface area contributed by atoms with Crippen molar-refractivity contribution in [1.82, 2.24) is 14.8 Å². The second-order valence-corrected chi connectivity index (χ2v) is 4.18. The van der Waals surface area contributed by atoms with E-state index in [-0.39, 0.29) is 5.54 Å². The van der Waals surface area contributed by atoms with Gasteiger partial charge >= 0.3 is 0 Å². The number of rotatable bonds is 2. The van der Waals surface area contributed by atoms with Crippen LogP contribution in [0, 0.1) is 10.7 Å². The van der Waals surface area contributed by atoms with E-state index in [9.17, 15) is 0 Å². The number of hydrogen-bond acceptors (Lipinski definition) is 2. The second kappa shape index (κ2) is 2.42. The van der Waals surface area contributed by atoms with Crippen molar-refractivity contribution in [3.8, 4) is 0 Å². The van der Waals surface area contributed by atoms with Gasteiger partial charge in [-0.05, 0) is 31.0 Å². The minimum atomic E-state index is 0.282. The first-order chi connectivity index (χ1) is 5.67. The van der Waals surface area contributed by atoms with E-state index in [1.807, 2.05) is 6.33 Å². The third-order valence-corrected chi connectivity index (χ3v) is 3.16. The Labute approximate surface area is 76.8 Å². The standard InChI is InChI=1S/C8H13N3S/c1-6(2)8(3-4-8)11-5-9-10-7(11)12/h5-6H,3-4H2,1-2H3,(H,10,12). The van der Waals surface area contributed by atoms with Crippen molar-refractivity contribution < 1.29 is 0 Å². The normalized spacial score (nSPS) is 19.9. The number of nitrogens with one attached hydrogen (secondary N) is 1. The number of hydrogen-bond donors (Lipinski definition) is 1. The van der Waals surface area contributed by atoms with Gasteiger partial charge in [-0.1, -0.05) is 13.8 Å². The molecule has 0 spiro atoms. The summed E-state index contributed by atoms with van der Waals surface area (Å²) in [7, 11) is 0. The number of H-pyrrole nitrogens is 1. The minimum Gasteiger partial charge on any atom is -0.300 e. The van der Waals surface area contributed by atoms with Crippen LogP contribution in [0.1, 0.15) is 26.7 Å². The third-order valence-electron chi connectivity index (χ3n) is 2.87. The van der Waals surface area contributed by atoms with Crippen LogP contribution in [0.4, 0.5) is 0 Å². The Morgan fingerprint density at radius 2 is 2.33 bits per heavy atom. The Balaban J connectivity index is 2.43. The fourth-order valence-electron chi connectivity index (χ4n) is 1.79. The first kappa shape index (κ1) is 7.98. The molecule has 1 heterocycles. The van der Waals surface area contributed by atoms with Gasteiger partial charge in [0.2, 0.25) is 0 Å². The predicted molar refractivity (Wildman–Crippen MR) is 49.5 cm³/mol. The summed E-state index contributed by atoms with van der Waals surface area (Å²) in [5.74, 6) is 0.641. The fraction of sp³-hybridized carbons (Fsp3) is 0.750. The smallest absolute Gasteiger partial charge is 0.195 e. The van der Waals surface area contributed by atoms with Crippen LogP contribution in [-0.4, -0.2) is 14.8 Å². The fourth-order valence-corrected chi connectivity index (χ4v) is 2.07.